The zero-order valence-corrected chi connectivity index (χ0v) is 17.6. The molecule has 3 aromatic rings. The summed E-state index contributed by atoms with van der Waals surface area (Å²) >= 11 is 1.61. The van der Waals surface area contributed by atoms with Crippen molar-refractivity contribution in [2.45, 2.75) is 49.1 Å². The molecule has 0 spiro atoms. The predicted octanol–water partition coefficient (Wildman–Crippen LogP) is 4.15. The van der Waals surface area contributed by atoms with E-state index in [1.165, 1.54) is 5.56 Å². The van der Waals surface area contributed by atoms with E-state index in [-0.39, 0.29) is 18.0 Å². The van der Waals surface area contributed by atoms with E-state index < -0.39 is 11.9 Å². The third-order valence-electron chi connectivity index (χ3n) is 5.37. The van der Waals surface area contributed by atoms with Gasteiger partial charge in [0.15, 0.2) is 5.69 Å². The zero-order valence-electron chi connectivity index (χ0n) is 16.8. The fraction of sp³-hybridized carbons (Fsp3) is 0.350. The molecule has 0 radical (unpaired) electrons. The van der Waals surface area contributed by atoms with Crippen molar-refractivity contribution in [2.24, 2.45) is 0 Å². The zero-order chi connectivity index (χ0) is 22.1. The first-order valence-electron chi connectivity index (χ1n) is 10.1. The molecule has 0 bridgehead atoms. The van der Waals surface area contributed by atoms with Crippen LogP contribution >= 0.6 is 11.9 Å². The minimum atomic E-state index is -4.54. The standard InChI is InChI=1S/C20H19F3N8S/c21-20(22,23)16-10-26-19(30-29-16)28-14-4-3-13(8-14)27-17-6-5-15(9-25-17)31-11-12-2-1-7-24-18(12)32-31/h1-2,5-7,9-10,13-14H,3-4,8,11H2,(H,25,27)(H,26,28,30)/t13-,14-/m0/s1. The van der Waals surface area contributed by atoms with Crippen LogP contribution in [0.25, 0.3) is 0 Å². The molecule has 0 aromatic carbocycles. The topological polar surface area (TPSA) is 91.8 Å². The molecule has 1 fully saturated rings. The normalized spacial score (nSPS) is 20.3. The lowest BCUT2D eigenvalue weighted by atomic mass is 10.2. The molecule has 0 unspecified atom stereocenters. The molecular weight excluding hydrogens is 441 g/mol. The number of rotatable bonds is 5. The Hall–Kier alpha value is -3.15. The molecular formula is C20H19F3N8S. The van der Waals surface area contributed by atoms with Gasteiger partial charge in [-0.15, -0.1) is 10.2 Å². The molecule has 2 aliphatic rings. The van der Waals surface area contributed by atoms with E-state index in [0.717, 1.165) is 42.3 Å². The van der Waals surface area contributed by atoms with Gasteiger partial charge in [-0.25, -0.2) is 15.0 Å². The second-order valence-corrected chi connectivity index (χ2v) is 8.67. The highest BCUT2D eigenvalue weighted by atomic mass is 32.2. The molecule has 2 atom stereocenters. The number of halogens is 3. The van der Waals surface area contributed by atoms with Crippen molar-refractivity contribution in [3.05, 3.63) is 54.1 Å². The van der Waals surface area contributed by atoms with Crippen LogP contribution in [0.5, 0.6) is 0 Å². The second kappa shape index (κ2) is 8.41. The fourth-order valence-electron chi connectivity index (χ4n) is 3.79. The Balaban J connectivity index is 1.13. The molecule has 32 heavy (non-hydrogen) atoms. The first kappa shape index (κ1) is 20.7. The lowest BCUT2D eigenvalue weighted by molar-refractivity contribution is -0.142. The summed E-state index contributed by atoms with van der Waals surface area (Å²) in [5, 5.41) is 14.3. The quantitative estimate of drug-likeness (QED) is 0.545. The molecule has 8 nitrogen and oxygen atoms in total. The van der Waals surface area contributed by atoms with Crippen molar-refractivity contribution in [3.8, 4) is 0 Å². The molecule has 1 aliphatic carbocycles. The van der Waals surface area contributed by atoms with Crippen LogP contribution in [0.15, 0.2) is 47.9 Å². The molecule has 1 saturated carbocycles. The van der Waals surface area contributed by atoms with Crippen LogP contribution in [0.4, 0.5) is 30.6 Å². The number of pyridine rings is 2. The first-order chi connectivity index (χ1) is 15.4. The molecule has 5 rings (SSSR count). The van der Waals surface area contributed by atoms with Gasteiger partial charge in [-0.05, 0) is 37.5 Å². The van der Waals surface area contributed by atoms with Crippen molar-refractivity contribution < 1.29 is 13.2 Å². The fourth-order valence-corrected chi connectivity index (χ4v) is 4.77. The van der Waals surface area contributed by atoms with Gasteiger partial charge in [0.05, 0.1) is 24.6 Å². The number of anilines is 3. The van der Waals surface area contributed by atoms with Crippen molar-refractivity contribution in [2.75, 3.05) is 14.9 Å². The largest absolute Gasteiger partial charge is 0.436 e. The summed E-state index contributed by atoms with van der Waals surface area (Å²) in [5.74, 6) is 0.886. The monoisotopic (exact) mass is 460 g/mol. The van der Waals surface area contributed by atoms with Gasteiger partial charge >= 0.3 is 6.18 Å². The summed E-state index contributed by atoms with van der Waals surface area (Å²) in [7, 11) is 0. The highest BCUT2D eigenvalue weighted by Gasteiger charge is 2.34. The van der Waals surface area contributed by atoms with Crippen molar-refractivity contribution >= 4 is 29.4 Å². The Kier molecular flexibility index (Phi) is 5.45. The minimum absolute atomic E-state index is 0.0531. The first-order valence-corrected chi connectivity index (χ1v) is 10.9. The van der Waals surface area contributed by atoms with E-state index in [1.54, 1.807) is 18.1 Å². The molecule has 3 aromatic heterocycles. The van der Waals surface area contributed by atoms with E-state index in [4.69, 9.17) is 0 Å². The maximum Gasteiger partial charge on any atom is 0.436 e. The van der Waals surface area contributed by atoms with Gasteiger partial charge in [-0.1, -0.05) is 6.07 Å². The van der Waals surface area contributed by atoms with Gasteiger partial charge in [0.2, 0.25) is 5.95 Å². The molecule has 1 aliphatic heterocycles. The molecule has 166 valence electrons. The summed E-state index contributed by atoms with van der Waals surface area (Å²) in [6.45, 7) is 0.791. The van der Waals surface area contributed by atoms with Crippen molar-refractivity contribution in [1.82, 2.24) is 25.1 Å². The highest BCUT2D eigenvalue weighted by molar-refractivity contribution is 8.00. The highest BCUT2D eigenvalue weighted by Crippen LogP contribution is 2.38. The van der Waals surface area contributed by atoms with E-state index >= 15 is 0 Å². The van der Waals surface area contributed by atoms with Crippen LogP contribution in [0.2, 0.25) is 0 Å². The maximum atomic E-state index is 12.6. The van der Waals surface area contributed by atoms with Crippen LogP contribution in [-0.2, 0) is 12.7 Å². The average Bonchev–Trinajstić information content (AvgIpc) is 3.41. The van der Waals surface area contributed by atoms with E-state index in [1.807, 2.05) is 24.4 Å². The Morgan fingerprint density at radius 3 is 2.50 bits per heavy atom. The maximum absolute atomic E-state index is 12.6. The van der Waals surface area contributed by atoms with Gasteiger partial charge in [-0.2, -0.15) is 13.2 Å². The minimum Gasteiger partial charge on any atom is -0.367 e. The summed E-state index contributed by atoms with van der Waals surface area (Å²) in [5.41, 5.74) is 1.11. The Morgan fingerprint density at radius 2 is 1.81 bits per heavy atom. The molecule has 2 N–H and O–H groups in total. The molecule has 12 heteroatoms. The van der Waals surface area contributed by atoms with Gasteiger partial charge in [-0.3, -0.25) is 0 Å². The summed E-state index contributed by atoms with van der Waals surface area (Å²) in [6.07, 6.45) is 2.30. The van der Waals surface area contributed by atoms with Crippen LogP contribution in [-0.4, -0.2) is 37.2 Å². The Labute approximate surface area is 186 Å². The average molecular weight is 460 g/mol. The predicted molar refractivity (Wildman–Crippen MR) is 114 cm³/mol. The summed E-state index contributed by atoms with van der Waals surface area (Å²) < 4.78 is 39.9. The molecule has 0 amide bonds. The third kappa shape index (κ3) is 4.54. The second-order valence-electron chi connectivity index (χ2n) is 7.66. The van der Waals surface area contributed by atoms with E-state index in [2.05, 4.69) is 46.2 Å². The Morgan fingerprint density at radius 1 is 0.969 bits per heavy atom. The SMILES string of the molecule is FC(F)(F)c1cnc(N[C@H]2CC[C@H](Nc3ccc(N4Cc5cccnc5S4)cn3)C2)nn1. The number of aromatic nitrogens is 5. The van der Waals surface area contributed by atoms with E-state index in [9.17, 15) is 13.2 Å². The van der Waals surface area contributed by atoms with E-state index in [0.29, 0.717) is 6.20 Å². The van der Waals surface area contributed by atoms with Crippen LogP contribution in [0, 0.1) is 0 Å². The molecule has 0 saturated heterocycles. The van der Waals surface area contributed by atoms with Crippen LogP contribution in [0.1, 0.15) is 30.5 Å². The number of nitrogens with one attached hydrogen (secondary N) is 2. The number of nitrogens with zero attached hydrogens (tertiary/aromatic N) is 6. The van der Waals surface area contributed by atoms with Crippen LogP contribution < -0.4 is 14.9 Å². The molecule has 4 heterocycles. The lowest BCUT2D eigenvalue weighted by Crippen LogP contribution is -2.22. The number of hydrogen-bond donors (Lipinski definition) is 2. The third-order valence-corrected chi connectivity index (χ3v) is 6.47. The lowest BCUT2D eigenvalue weighted by Gasteiger charge is -2.17. The van der Waals surface area contributed by atoms with Crippen molar-refractivity contribution in [3.63, 3.8) is 0 Å². The number of fused-ring (bicyclic) bond motifs is 1. The summed E-state index contributed by atoms with van der Waals surface area (Å²) in [6, 6.07) is 8.25. The van der Waals surface area contributed by atoms with Gasteiger partial charge in [0, 0.05) is 35.8 Å². The van der Waals surface area contributed by atoms with Gasteiger partial charge in [0.1, 0.15) is 10.8 Å². The number of alkyl halides is 3. The van der Waals surface area contributed by atoms with Crippen molar-refractivity contribution in [1.29, 1.82) is 0 Å². The summed E-state index contributed by atoms with van der Waals surface area (Å²) in [4.78, 5) is 12.7. The van der Waals surface area contributed by atoms with Gasteiger partial charge in [0.25, 0.3) is 0 Å². The smallest absolute Gasteiger partial charge is 0.367 e. The van der Waals surface area contributed by atoms with Crippen LogP contribution in [0.3, 0.4) is 0 Å². The Bertz CT molecular complexity index is 1050. The number of hydrogen-bond acceptors (Lipinski definition) is 9. The van der Waals surface area contributed by atoms with Gasteiger partial charge < -0.3 is 14.9 Å².